The van der Waals surface area contributed by atoms with Gasteiger partial charge in [-0.15, -0.1) is 0 Å². The Kier molecular flexibility index (Phi) is 8.35. The zero-order valence-corrected chi connectivity index (χ0v) is 22.6. The van der Waals surface area contributed by atoms with E-state index in [1.807, 2.05) is 0 Å². The highest BCUT2D eigenvalue weighted by molar-refractivity contribution is 5.83. The maximum Gasteiger partial charge on any atom is 0.331 e. The second-order valence-electron chi connectivity index (χ2n) is 11.3. The molecule has 0 aromatic rings. The molecule has 0 amide bonds. The standard InChI is InChI=1S/C29H40O9/c1-18-9-11-28(16-35-26(34)14-19(2)10-12-30)23(13-18)37-24-15-22(27(28,4)29(24)17-36-29)38-25(33)8-6-5-7-21(32)20(3)31/h5-8,13-14,20-24,30-32H,9-12,15-17H2,1-4H3/b7-5?,8-6?,19-14+/t20-,21+,22-,23-,24?,27-,28-,29+/m1/s1. The quantitative estimate of drug-likeness (QED) is 0.127. The third-order valence-electron chi connectivity index (χ3n) is 8.96. The van der Waals surface area contributed by atoms with E-state index in [0.717, 1.165) is 12.0 Å². The fourth-order valence-electron chi connectivity index (χ4n) is 6.48. The maximum absolute atomic E-state index is 12.8. The number of carbonyl (C=O) groups is 2. The normalized spacial score (nSPS) is 37.7. The molecular weight excluding hydrogens is 492 g/mol. The van der Waals surface area contributed by atoms with E-state index in [2.05, 4.69) is 19.9 Å². The SMILES string of the molecule is CC1=C[C@H]2OC3C[C@@H](OC(=O)C=CC=C[C@H](O)[C@@H](C)O)[C@](C)([C@@]2(COC(=O)/C=C(\C)CCO)CC1)[C@]31CO1. The van der Waals surface area contributed by atoms with E-state index in [0.29, 0.717) is 25.9 Å². The monoisotopic (exact) mass is 532 g/mol. The predicted molar refractivity (Wildman–Crippen MR) is 138 cm³/mol. The number of rotatable bonds is 10. The Morgan fingerprint density at radius 2 is 2.00 bits per heavy atom. The van der Waals surface area contributed by atoms with Crippen molar-refractivity contribution in [2.75, 3.05) is 19.8 Å². The molecule has 1 saturated carbocycles. The third-order valence-corrected chi connectivity index (χ3v) is 8.96. The predicted octanol–water partition coefficient (Wildman–Crippen LogP) is 2.30. The minimum Gasteiger partial charge on any atom is -0.462 e. The van der Waals surface area contributed by atoms with Gasteiger partial charge in [-0.2, -0.15) is 0 Å². The van der Waals surface area contributed by atoms with Crippen LogP contribution >= 0.6 is 0 Å². The second kappa shape index (κ2) is 11.1. The number of epoxide rings is 1. The van der Waals surface area contributed by atoms with Crippen molar-refractivity contribution >= 4 is 11.9 Å². The highest BCUT2D eigenvalue weighted by Crippen LogP contribution is 2.72. The molecule has 2 saturated heterocycles. The van der Waals surface area contributed by atoms with Gasteiger partial charge in [0.25, 0.3) is 0 Å². The van der Waals surface area contributed by atoms with Crippen LogP contribution in [0.15, 0.2) is 47.6 Å². The van der Waals surface area contributed by atoms with Gasteiger partial charge in [0.2, 0.25) is 0 Å². The molecule has 9 nitrogen and oxygen atoms in total. The van der Waals surface area contributed by atoms with Crippen LogP contribution in [-0.4, -0.2) is 83.2 Å². The largest absolute Gasteiger partial charge is 0.462 e. The van der Waals surface area contributed by atoms with Gasteiger partial charge in [0.1, 0.15) is 18.3 Å². The van der Waals surface area contributed by atoms with Gasteiger partial charge in [0.05, 0.1) is 36.4 Å². The van der Waals surface area contributed by atoms with Crippen LogP contribution in [0.3, 0.4) is 0 Å². The van der Waals surface area contributed by atoms with E-state index in [-0.39, 0.29) is 25.4 Å². The van der Waals surface area contributed by atoms with Crippen LogP contribution in [0.25, 0.3) is 0 Å². The molecule has 1 unspecified atom stereocenters. The smallest absolute Gasteiger partial charge is 0.331 e. The Bertz CT molecular complexity index is 1040. The first-order chi connectivity index (χ1) is 18.0. The Morgan fingerprint density at radius 3 is 2.66 bits per heavy atom. The summed E-state index contributed by atoms with van der Waals surface area (Å²) in [6.45, 7) is 7.90. The highest BCUT2D eigenvalue weighted by Gasteiger charge is 2.83. The van der Waals surface area contributed by atoms with Crippen molar-refractivity contribution in [1.29, 1.82) is 0 Å². The molecule has 210 valence electrons. The van der Waals surface area contributed by atoms with E-state index in [1.165, 1.54) is 42.9 Å². The first kappa shape index (κ1) is 28.7. The number of allylic oxidation sites excluding steroid dienone is 3. The van der Waals surface area contributed by atoms with Crippen LogP contribution in [0.4, 0.5) is 0 Å². The fraction of sp³-hybridized carbons (Fsp3) is 0.655. The first-order valence-electron chi connectivity index (χ1n) is 13.3. The molecule has 2 aliphatic carbocycles. The lowest BCUT2D eigenvalue weighted by molar-refractivity contribution is -0.232. The topological polar surface area (TPSA) is 135 Å². The molecule has 9 heteroatoms. The molecular formula is C29H40O9. The van der Waals surface area contributed by atoms with Crippen LogP contribution in [0.1, 0.15) is 53.4 Å². The summed E-state index contributed by atoms with van der Waals surface area (Å²) < 4.78 is 24.6. The molecule has 4 rings (SSSR count). The molecule has 2 bridgehead atoms. The number of aliphatic hydroxyl groups is 3. The van der Waals surface area contributed by atoms with Crippen molar-refractivity contribution in [3.63, 3.8) is 0 Å². The molecule has 0 radical (unpaired) electrons. The van der Waals surface area contributed by atoms with Crippen molar-refractivity contribution < 1.29 is 43.9 Å². The van der Waals surface area contributed by atoms with Gasteiger partial charge >= 0.3 is 11.9 Å². The molecule has 1 spiro atoms. The molecule has 3 fully saturated rings. The van der Waals surface area contributed by atoms with Gasteiger partial charge in [-0.05, 0) is 40.0 Å². The fourth-order valence-corrected chi connectivity index (χ4v) is 6.48. The molecule has 4 aliphatic rings. The highest BCUT2D eigenvalue weighted by atomic mass is 16.6. The minimum atomic E-state index is -1.03. The Balaban J connectivity index is 1.58. The molecule has 2 aliphatic heterocycles. The lowest BCUT2D eigenvalue weighted by Crippen LogP contribution is -2.66. The van der Waals surface area contributed by atoms with Crippen molar-refractivity contribution in [2.45, 2.75) is 89.5 Å². The number of fused-ring (bicyclic) bond motifs is 2. The van der Waals surface area contributed by atoms with Gasteiger partial charge in [-0.3, -0.25) is 0 Å². The number of ether oxygens (including phenoxy) is 4. The number of aliphatic hydroxyl groups excluding tert-OH is 3. The van der Waals surface area contributed by atoms with Crippen LogP contribution in [-0.2, 0) is 28.5 Å². The lowest BCUT2D eigenvalue weighted by atomic mass is 9.51. The zero-order valence-electron chi connectivity index (χ0n) is 22.6. The van der Waals surface area contributed by atoms with Gasteiger partial charge in [-0.1, -0.05) is 42.4 Å². The second-order valence-corrected chi connectivity index (χ2v) is 11.3. The minimum absolute atomic E-state index is 0.0444. The maximum atomic E-state index is 12.8. The summed E-state index contributed by atoms with van der Waals surface area (Å²) in [5.41, 5.74) is -0.0208. The first-order valence-corrected chi connectivity index (χ1v) is 13.3. The van der Waals surface area contributed by atoms with Crippen LogP contribution in [0, 0.1) is 10.8 Å². The van der Waals surface area contributed by atoms with Crippen LogP contribution < -0.4 is 0 Å². The van der Waals surface area contributed by atoms with Crippen molar-refractivity contribution in [3.8, 4) is 0 Å². The molecule has 0 aromatic carbocycles. The molecule has 0 aromatic heterocycles. The van der Waals surface area contributed by atoms with E-state index < -0.39 is 46.7 Å². The van der Waals surface area contributed by atoms with Gasteiger partial charge in [-0.25, -0.2) is 9.59 Å². The summed E-state index contributed by atoms with van der Waals surface area (Å²) >= 11 is 0. The number of carbonyl (C=O) groups excluding carboxylic acids is 2. The van der Waals surface area contributed by atoms with Crippen molar-refractivity contribution in [2.24, 2.45) is 10.8 Å². The summed E-state index contributed by atoms with van der Waals surface area (Å²) in [6, 6.07) is 0. The van der Waals surface area contributed by atoms with Crippen molar-refractivity contribution in [3.05, 3.63) is 47.6 Å². The van der Waals surface area contributed by atoms with Gasteiger partial charge in [0.15, 0.2) is 0 Å². The molecule has 2 heterocycles. The average molecular weight is 533 g/mol. The Labute approximate surface area is 223 Å². The van der Waals surface area contributed by atoms with Gasteiger partial charge in [0, 0.05) is 30.6 Å². The Hall–Kier alpha value is -2.30. The number of hydrogen-bond donors (Lipinski definition) is 3. The Morgan fingerprint density at radius 1 is 1.26 bits per heavy atom. The summed E-state index contributed by atoms with van der Waals surface area (Å²) in [6.07, 6.45) is 8.43. The molecule has 38 heavy (non-hydrogen) atoms. The van der Waals surface area contributed by atoms with E-state index >= 15 is 0 Å². The molecule has 3 N–H and O–H groups in total. The summed E-state index contributed by atoms with van der Waals surface area (Å²) in [5.74, 6) is -1.02. The van der Waals surface area contributed by atoms with Crippen LogP contribution in [0.5, 0.6) is 0 Å². The summed E-state index contributed by atoms with van der Waals surface area (Å²) in [5, 5.41) is 28.2. The number of hydrogen-bond acceptors (Lipinski definition) is 9. The van der Waals surface area contributed by atoms with Crippen LogP contribution in [0.2, 0.25) is 0 Å². The van der Waals surface area contributed by atoms with Crippen molar-refractivity contribution in [1.82, 2.24) is 0 Å². The average Bonchev–Trinajstić information content (AvgIpc) is 3.63. The zero-order chi connectivity index (χ0) is 27.7. The third kappa shape index (κ3) is 5.02. The van der Waals surface area contributed by atoms with E-state index in [4.69, 9.17) is 24.1 Å². The lowest BCUT2D eigenvalue weighted by Gasteiger charge is -2.58. The molecule has 8 atom stereocenters. The number of esters is 2. The summed E-state index contributed by atoms with van der Waals surface area (Å²) in [7, 11) is 0. The van der Waals surface area contributed by atoms with Gasteiger partial charge < -0.3 is 34.3 Å². The van der Waals surface area contributed by atoms with E-state index in [1.54, 1.807) is 6.92 Å². The summed E-state index contributed by atoms with van der Waals surface area (Å²) in [4.78, 5) is 25.5. The van der Waals surface area contributed by atoms with E-state index in [9.17, 15) is 19.8 Å².